The number of aliphatic hydroxyl groups is 1. The van der Waals surface area contributed by atoms with E-state index in [2.05, 4.69) is 24.9 Å². The molecule has 4 unspecified atom stereocenters. The van der Waals surface area contributed by atoms with E-state index in [1.165, 1.54) is 23.2 Å². The standard InChI is InChI=1S/C21H24FN9O12P2/c22-9-13-8(40-18(9)30-4-26-10-7(23)1-2-25-15(10)30)3-39-45(36,37)43-14-12(32)20(38-6-44(34,35)42-13)41-19(14)31-5-27-11-16(31)28-21(24)29-17(11)33/h1-2,4-5,8-9,12-14,18-20,32H,3,6H2,(H2,23,25)(H,34,35)(H,36,37)(H3,24,28,29,33)/t8-,9?,12-,13+,14?,18-,19-,20+/m1/s1. The summed E-state index contributed by atoms with van der Waals surface area (Å²) in [6, 6.07) is 1.48. The summed E-state index contributed by atoms with van der Waals surface area (Å²) in [6.07, 6.45) is -11.6. The average Bonchev–Trinajstić information content (AvgIpc) is 3.72. The monoisotopic (exact) mass is 675 g/mol. The number of pyridine rings is 1. The maximum Gasteiger partial charge on any atom is 0.472 e. The largest absolute Gasteiger partial charge is 0.472 e. The smallest absolute Gasteiger partial charge is 0.397 e. The number of phosphoric acid groups is 1. The Morgan fingerprint density at radius 3 is 2.51 bits per heavy atom. The molecule has 0 spiro atoms. The van der Waals surface area contributed by atoms with Crippen molar-refractivity contribution in [2.75, 3.05) is 24.4 Å². The number of aromatic nitrogens is 7. The summed E-state index contributed by atoms with van der Waals surface area (Å²) in [5, 5.41) is 10.9. The summed E-state index contributed by atoms with van der Waals surface area (Å²) in [4.78, 5) is 52.0. The van der Waals surface area contributed by atoms with Gasteiger partial charge in [0.1, 0.15) is 29.9 Å². The molecule has 2 bridgehead atoms. The van der Waals surface area contributed by atoms with Gasteiger partial charge in [0.2, 0.25) is 5.95 Å². The second kappa shape index (κ2) is 10.9. The van der Waals surface area contributed by atoms with Crippen LogP contribution in [0.15, 0.2) is 29.7 Å². The number of phosphoric ester groups is 1. The zero-order valence-electron chi connectivity index (χ0n) is 22.5. The predicted molar refractivity (Wildman–Crippen MR) is 145 cm³/mol. The van der Waals surface area contributed by atoms with E-state index in [-0.39, 0.29) is 34.0 Å². The first-order valence-electron chi connectivity index (χ1n) is 13.0. The van der Waals surface area contributed by atoms with Crippen LogP contribution < -0.4 is 17.0 Å². The first kappa shape index (κ1) is 30.3. The quantitative estimate of drug-likeness (QED) is 0.142. The molecule has 242 valence electrons. The molecule has 21 nitrogen and oxygen atoms in total. The highest BCUT2D eigenvalue weighted by molar-refractivity contribution is 7.52. The predicted octanol–water partition coefficient (Wildman–Crippen LogP) is -0.759. The number of fused-ring (bicyclic) bond motifs is 5. The third kappa shape index (κ3) is 5.32. The van der Waals surface area contributed by atoms with E-state index >= 15 is 4.39 Å². The molecule has 7 rings (SSSR count). The summed E-state index contributed by atoms with van der Waals surface area (Å²) in [5.41, 5.74) is 11.1. The molecule has 0 radical (unpaired) electrons. The lowest BCUT2D eigenvalue weighted by atomic mass is 10.1. The van der Waals surface area contributed by atoms with Crippen LogP contribution in [-0.4, -0.2) is 98.8 Å². The molecule has 3 aliphatic heterocycles. The molecule has 4 aromatic heterocycles. The zero-order chi connectivity index (χ0) is 31.8. The molecule has 10 atom stereocenters. The second-order valence-electron chi connectivity index (χ2n) is 10.2. The highest BCUT2D eigenvalue weighted by atomic mass is 31.2. The Bertz CT molecular complexity index is 1940. The molecule has 3 aliphatic rings. The van der Waals surface area contributed by atoms with Gasteiger partial charge in [0.15, 0.2) is 48.1 Å². The number of nitrogens with two attached hydrogens (primary N) is 2. The van der Waals surface area contributed by atoms with Crippen LogP contribution in [0, 0.1) is 0 Å². The lowest BCUT2D eigenvalue weighted by Crippen LogP contribution is -2.35. The van der Waals surface area contributed by atoms with Gasteiger partial charge in [0.05, 0.1) is 24.9 Å². The summed E-state index contributed by atoms with van der Waals surface area (Å²) < 4.78 is 76.8. The van der Waals surface area contributed by atoms with Crippen molar-refractivity contribution in [3.8, 4) is 0 Å². The topological polar surface area (TPSA) is 297 Å². The minimum absolute atomic E-state index is 0.128. The normalized spacial score (nSPS) is 37.7. The maximum atomic E-state index is 15.9. The Morgan fingerprint density at radius 1 is 1.00 bits per heavy atom. The van der Waals surface area contributed by atoms with E-state index in [9.17, 15) is 28.8 Å². The van der Waals surface area contributed by atoms with Crippen LogP contribution in [0.1, 0.15) is 12.5 Å². The van der Waals surface area contributed by atoms with Crippen molar-refractivity contribution in [3.63, 3.8) is 0 Å². The van der Waals surface area contributed by atoms with Crippen LogP contribution in [0.2, 0.25) is 0 Å². The number of nitrogens with zero attached hydrogens (tertiary/aromatic N) is 6. The van der Waals surface area contributed by atoms with Gasteiger partial charge in [-0.05, 0) is 6.07 Å². The zero-order valence-corrected chi connectivity index (χ0v) is 24.3. The van der Waals surface area contributed by atoms with Gasteiger partial charge in [-0.25, -0.2) is 23.9 Å². The molecule has 7 heterocycles. The minimum Gasteiger partial charge on any atom is -0.397 e. The number of H-pyrrole nitrogens is 1. The van der Waals surface area contributed by atoms with Gasteiger partial charge in [-0.2, -0.15) is 4.98 Å². The fourth-order valence-electron chi connectivity index (χ4n) is 5.28. The van der Waals surface area contributed by atoms with E-state index in [0.717, 1.165) is 10.9 Å². The van der Waals surface area contributed by atoms with E-state index in [1.807, 2.05) is 0 Å². The van der Waals surface area contributed by atoms with Crippen molar-refractivity contribution in [2.45, 2.75) is 49.3 Å². The molecule has 0 amide bonds. The lowest BCUT2D eigenvalue weighted by Gasteiger charge is -2.25. The highest BCUT2D eigenvalue weighted by Crippen LogP contribution is 2.53. The van der Waals surface area contributed by atoms with Gasteiger partial charge in [0.25, 0.3) is 5.56 Å². The van der Waals surface area contributed by atoms with Gasteiger partial charge < -0.3 is 40.6 Å². The van der Waals surface area contributed by atoms with Crippen LogP contribution in [0.5, 0.6) is 0 Å². The number of aromatic amines is 1. The number of nitrogen functional groups attached to an aromatic ring is 2. The number of hydrogen-bond acceptors (Lipinski definition) is 16. The van der Waals surface area contributed by atoms with E-state index < -0.39 is 83.3 Å². The molecule has 45 heavy (non-hydrogen) atoms. The Morgan fingerprint density at radius 2 is 1.73 bits per heavy atom. The number of aliphatic hydroxyl groups excluding tert-OH is 1. The molecule has 0 aromatic carbocycles. The Kier molecular flexibility index (Phi) is 7.30. The Labute approximate surface area is 249 Å². The van der Waals surface area contributed by atoms with Gasteiger partial charge in [0, 0.05) is 6.20 Å². The van der Waals surface area contributed by atoms with Crippen LogP contribution >= 0.6 is 15.4 Å². The molecular formula is C21H24FN9O12P2. The van der Waals surface area contributed by atoms with Crippen LogP contribution in [0.3, 0.4) is 0 Å². The van der Waals surface area contributed by atoms with Crippen LogP contribution in [-0.2, 0) is 36.9 Å². The van der Waals surface area contributed by atoms with Gasteiger partial charge in [-0.1, -0.05) is 0 Å². The van der Waals surface area contributed by atoms with Crippen LogP contribution in [0.4, 0.5) is 16.0 Å². The van der Waals surface area contributed by atoms with E-state index in [4.69, 9.17) is 39.2 Å². The van der Waals surface area contributed by atoms with Crippen LogP contribution in [0.25, 0.3) is 22.3 Å². The molecular weight excluding hydrogens is 651 g/mol. The third-order valence-electron chi connectivity index (χ3n) is 7.27. The molecule has 3 fully saturated rings. The number of hydrogen-bond donors (Lipinski definition) is 6. The number of alkyl halides is 1. The first-order chi connectivity index (χ1) is 21.3. The van der Waals surface area contributed by atoms with Gasteiger partial charge in [-0.3, -0.25) is 37.0 Å². The number of imidazole rings is 2. The number of ether oxygens (including phenoxy) is 3. The summed E-state index contributed by atoms with van der Waals surface area (Å²) in [5.74, 6) is -0.298. The lowest BCUT2D eigenvalue weighted by molar-refractivity contribution is -0.168. The molecule has 0 aliphatic carbocycles. The molecule has 0 saturated carbocycles. The second-order valence-corrected chi connectivity index (χ2v) is 13.4. The summed E-state index contributed by atoms with van der Waals surface area (Å²) >= 11 is 0. The SMILES string of the molecule is Nc1nc2c(ncn2[C@@H]2O[C@@H]3OCP(=O)(O)O[C@@H]4C(F)[C@H](n5cnc6c(N)ccnc65)O[C@@H]4COP(=O)(O)OC2[C@H]3O)c(=O)[nH]1. The fourth-order valence-corrected chi connectivity index (χ4v) is 7.24. The fraction of sp³-hybridized carbons (Fsp3) is 0.476. The molecule has 3 saturated heterocycles. The molecule has 4 aromatic rings. The first-order valence-corrected chi connectivity index (χ1v) is 16.3. The summed E-state index contributed by atoms with van der Waals surface area (Å²) in [7, 11) is -10.0. The van der Waals surface area contributed by atoms with E-state index in [1.54, 1.807) is 0 Å². The minimum atomic E-state index is -5.16. The molecule has 8 N–H and O–H groups in total. The van der Waals surface area contributed by atoms with E-state index in [0.29, 0.717) is 0 Å². The molecule has 24 heteroatoms. The third-order valence-corrected chi connectivity index (χ3v) is 9.31. The van der Waals surface area contributed by atoms with Crippen molar-refractivity contribution in [3.05, 3.63) is 35.3 Å². The van der Waals surface area contributed by atoms with Gasteiger partial charge in [-0.15, -0.1) is 0 Å². The summed E-state index contributed by atoms with van der Waals surface area (Å²) in [6.45, 7) is -0.891. The van der Waals surface area contributed by atoms with Crippen molar-refractivity contribution in [1.82, 2.24) is 34.1 Å². The number of anilines is 2. The van der Waals surface area contributed by atoms with Gasteiger partial charge >= 0.3 is 15.4 Å². The Balaban J connectivity index is 1.21. The maximum absolute atomic E-state index is 15.9. The number of halogens is 1. The van der Waals surface area contributed by atoms with Crippen molar-refractivity contribution >= 4 is 49.4 Å². The highest BCUT2D eigenvalue weighted by Gasteiger charge is 2.54. The van der Waals surface area contributed by atoms with Crippen molar-refractivity contribution < 1.29 is 56.2 Å². The number of rotatable bonds is 2. The number of nitrogens with one attached hydrogen (secondary N) is 1. The Hall–Kier alpha value is -3.40. The van der Waals surface area contributed by atoms with Crippen molar-refractivity contribution in [1.29, 1.82) is 0 Å². The van der Waals surface area contributed by atoms with Crippen molar-refractivity contribution in [2.24, 2.45) is 0 Å². The average molecular weight is 675 g/mol.